The average molecular weight is 449 g/mol. The molecular weight excluding hydrogens is 421 g/mol. The zero-order valence-electron chi connectivity index (χ0n) is 17.8. The van der Waals surface area contributed by atoms with Crippen LogP contribution in [0.2, 0.25) is 5.02 Å². The molecule has 0 radical (unpaired) electrons. The van der Waals surface area contributed by atoms with E-state index in [-0.39, 0.29) is 60.3 Å². The van der Waals surface area contributed by atoms with Crippen molar-refractivity contribution in [1.82, 2.24) is 5.32 Å². The van der Waals surface area contributed by atoms with Gasteiger partial charge in [-0.25, -0.2) is 4.79 Å². The minimum absolute atomic E-state index is 0. The summed E-state index contributed by atoms with van der Waals surface area (Å²) in [7, 11) is 0. The van der Waals surface area contributed by atoms with E-state index < -0.39 is 18.4 Å². The molecule has 0 bridgehead atoms. The number of alkyl carbamates (subject to hydrolysis) is 1. The van der Waals surface area contributed by atoms with Crippen LogP contribution in [0.3, 0.4) is 0 Å². The number of esters is 2. The van der Waals surface area contributed by atoms with E-state index in [0.717, 1.165) is 25.7 Å². The van der Waals surface area contributed by atoms with Crippen molar-refractivity contribution in [2.75, 3.05) is 6.54 Å². The second-order valence-electron chi connectivity index (χ2n) is 7.39. The van der Waals surface area contributed by atoms with Gasteiger partial charge in [-0.05, 0) is 43.5 Å². The van der Waals surface area contributed by atoms with Crippen LogP contribution in [0.15, 0.2) is 24.3 Å². The SMILES string of the molecule is CC(C)C(OC(=O)NCCCC(=O)Oc1ccc(Cl)cc1)OC(=O)C1CCCC1.[Na+]. The third kappa shape index (κ3) is 9.69. The van der Waals surface area contributed by atoms with Gasteiger partial charge in [-0.15, -0.1) is 0 Å². The number of halogens is 1. The first kappa shape index (κ1) is 26.8. The fourth-order valence-electron chi connectivity index (χ4n) is 2.92. The normalized spacial score (nSPS) is 14.5. The molecule has 1 fully saturated rings. The van der Waals surface area contributed by atoms with E-state index in [2.05, 4.69) is 5.32 Å². The summed E-state index contributed by atoms with van der Waals surface area (Å²) in [6.45, 7) is 3.86. The smallest absolute Gasteiger partial charge is 0.427 e. The summed E-state index contributed by atoms with van der Waals surface area (Å²) in [4.78, 5) is 35.9. The predicted molar refractivity (Wildman–Crippen MR) is 107 cm³/mol. The van der Waals surface area contributed by atoms with Crippen LogP contribution >= 0.6 is 11.6 Å². The van der Waals surface area contributed by atoms with Crippen LogP contribution in [0.4, 0.5) is 4.79 Å². The first-order chi connectivity index (χ1) is 13.8. The molecule has 30 heavy (non-hydrogen) atoms. The van der Waals surface area contributed by atoms with Crippen molar-refractivity contribution in [1.29, 1.82) is 0 Å². The van der Waals surface area contributed by atoms with E-state index >= 15 is 0 Å². The summed E-state index contributed by atoms with van der Waals surface area (Å²) in [5.74, 6) is -0.572. The Morgan fingerprint density at radius 2 is 1.73 bits per heavy atom. The van der Waals surface area contributed by atoms with Gasteiger partial charge in [-0.1, -0.05) is 38.3 Å². The molecule has 1 unspecified atom stereocenters. The molecule has 1 aliphatic rings. The largest absolute Gasteiger partial charge is 1.00 e. The molecule has 1 aromatic rings. The van der Waals surface area contributed by atoms with Crippen LogP contribution in [0, 0.1) is 11.8 Å². The summed E-state index contributed by atoms with van der Waals surface area (Å²) in [5, 5.41) is 3.12. The fourth-order valence-corrected chi connectivity index (χ4v) is 3.05. The molecule has 160 valence electrons. The second-order valence-corrected chi connectivity index (χ2v) is 7.83. The Kier molecular flexibility index (Phi) is 12.4. The number of amides is 1. The van der Waals surface area contributed by atoms with Crippen LogP contribution in [0.1, 0.15) is 52.4 Å². The van der Waals surface area contributed by atoms with E-state index in [0.29, 0.717) is 17.2 Å². The molecule has 0 aliphatic heterocycles. The minimum atomic E-state index is -0.932. The number of carbonyl (C=O) groups is 3. The summed E-state index contributed by atoms with van der Waals surface area (Å²) in [6, 6.07) is 6.47. The molecule has 9 heteroatoms. The van der Waals surface area contributed by atoms with Gasteiger partial charge in [0.15, 0.2) is 0 Å². The summed E-state index contributed by atoms with van der Waals surface area (Å²) >= 11 is 5.78. The topological polar surface area (TPSA) is 90.9 Å². The van der Waals surface area contributed by atoms with Gasteiger partial charge in [0.05, 0.1) is 5.92 Å². The van der Waals surface area contributed by atoms with Gasteiger partial charge >= 0.3 is 47.6 Å². The van der Waals surface area contributed by atoms with E-state index in [1.807, 2.05) is 13.8 Å². The molecule has 1 saturated carbocycles. The Morgan fingerprint density at radius 3 is 2.33 bits per heavy atom. The predicted octanol–water partition coefficient (Wildman–Crippen LogP) is 1.47. The molecule has 1 atom stereocenters. The van der Waals surface area contributed by atoms with Crippen LogP contribution in [0.25, 0.3) is 0 Å². The van der Waals surface area contributed by atoms with Gasteiger partial charge in [-0.3, -0.25) is 9.59 Å². The maximum Gasteiger partial charge on any atom is 1.00 e. The van der Waals surface area contributed by atoms with Crippen molar-refractivity contribution < 1.29 is 58.2 Å². The Bertz CT molecular complexity index is 691. The quantitative estimate of drug-likeness (QED) is 0.202. The molecule has 1 amide bonds. The van der Waals surface area contributed by atoms with Gasteiger partial charge in [-0.2, -0.15) is 0 Å². The van der Waals surface area contributed by atoms with Gasteiger partial charge in [0.25, 0.3) is 6.29 Å². The van der Waals surface area contributed by atoms with Crippen molar-refractivity contribution in [2.24, 2.45) is 11.8 Å². The van der Waals surface area contributed by atoms with Crippen LogP contribution in [-0.4, -0.2) is 30.9 Å². The first-order valence-electron chi connectivity index (χ1n) is 9.96. The summed E-state index contributed by atoms with van der Waals surface area (Å²) < 4.78 is 15.8. The molecule has 0 heterocycles. The molecule has 0 spiro atoms. The van der Waals surface area contributed by atoms with E-state index in [1.165, 1.54) is 0 Å². The zero-order chi connectivity index (χ0) is 21.2. The molecule has 2 rings (SSSR count). The van der Waals surface area contributed by atoms with Crippen molar-refractivity contribution in [2.45, 2.75) is 58.7 Å². The van der Waals surface area contributed by atoms with Crippen molar-refractivity contribution in [3.05, 3.63) is 29.3 Å². The number of benzene rings is 1. The van der Waals surface area contributed by atoms with Crippen molar-refractivity contribution >= 4 is 29.6 Å². The Labute approximate surface area is 204 Å². The molecule has 1 N–H and O–H groups in total. The van der Waals surface area contributed by atoms with Crippen molar-refractivity contribution in [3.63, 3.8) is 0 Å². The van der Waals surface area contributed by atoms with Crippen molar-refractivity contribution in [3.8, 4) is 5.75 Å². The van der Waals surface area contributed by atoms with Crippen LogP contribution in [0.5, 0.6) is 5.75 Å². The molecular formula is C21H28ClNNaO6+. The maximum atomic E-state index is 12.2. The van der Waals surface area contributed by atoms with Crippen LogP contribution < -0.4 is 39.6 Å². The first-order valence-corrected chi connectivity index (χ1v) is 10.3. The Morgan fingerprint density at radius 1 is 1.10 bits per heavy atom. The monoisotopic (exact) mass is 448 g/mol. The molecule has 1 aliphatic carbocycles. The zero-order valence-corrected chi connectivity index (χ0v) is 20.6. The van der Waals surface area contributed by atoms with Gasteiger partial charge < -0.3 is 19.5 Å². The number of hydrogen-bond acceptors (Lipinski definition) is 6. The number of carbonyl (C=O) groups excluding carboxylic acids is 3. The number of ether oxygens (including phenoxy) is 3. The maximum absolute atomic E-state index is 12.2. The van der Waals surface area contributed by atoms with E-state index in [1.54, 1.807) is 24.3 Å². The molecule has 0 aromatic heterocycles. The van der Waals surface area contributed by atoms with E-state index in [9.17, 15) is 14.4 Å². The molecule has 7 nitrogen and oxygen atoms in total. The summed E-state index contributed by atoms with van der Waals surface area (Å²) in [6.07, 6.45) is 2.58. The molecule has 1 aromatic carbocycles. The Balaban J connectivity index is 0.00000450. The fraction of sp³-hybridized carbons (Fsp3) is 0.571. The third-order valence-corrected chi connectivity index (χ3v) is 4.81. The number of hydrogen-bond donors (Lipinski definition) is 1. The van der Waals surface area contributed by atoms with E-state index in [4.69, 9.17) is 25.8 Å². The average Bonchev–Trinajstić information content (AvgIpc) is 3.21. The number of rotatable bonds is 9. The standard InChI is InChI=1S/C21H28ClNO6.Na/c1-14(2)20(28-19(25)15-6-3-4-7-15)29-21(26)23-13-5-8-18(24)27-17-11-9-16(22)10-12-17;/h9-12,14-15,20H,3-8,13H2,1-2H3,(H,23,26);/q;+1. The van der Waals surface area contributed by atoms with Gasteiger partial charge in [0, 0.05) is 23.9 Å². The summed E-state index contributed by atoms with van der Waals surface area (Å²) in [5.41, 5.74) is 0. The second kappa shape index (κ2) is 13.9. The molecule has 0 saturated heterocycles. The van der Waals surface area contributed by atoms with Crippen LogP contribution in [-0.2, 0) is 19.1 Å². The minimum Gasteiger partial charge on any atom is -0.427 e. The van der Waals surface area contributed by atoms with Gasteiger partial charge in [0.1, 0.15) is 5.75 Å². The van der Waals surface area contributed by atoms with Gasteiger partial charge in [0.2, 0.25) is 0 Å². The Hall–Kier alpha value is -1.28. The number of nitrogens with one attached hydrogen (secondary N) is 1. The third-order valence-electron chi connectivity index (χ3n) is 4.56.